The number of aromatic nitrogens is 2. The van der Waals surface area contributed by atoms with Gasteiger partial charge in [-0.2, -0.15) is 0 Å². The standard InChI is InChI=1S/C14H22N4.ClH.4H3N/c1-3-9-17(10-4-1)13-7-8-14(16-15-13)18-11-5-2-6-12-18;;;;;/h7-8H,1-6,9-12H2;1H;4*1H3. The molecular formula is C14H35ClN8. The van der Waals surface area contributed by atoms with E-state index in [1.807, 2.05) is 0 Å². The average Bonchev–Trinajstić information content (AvgIpc) is 2.49. The lowest BCUT2D eigenvalue weighted by atomic mass is 10.1. The molecule has 0 unspecified atom stereocenters. The van der Waals surface area contributed by atoms with Gasteiger partial charge in [-0.1, -0.05) is 0 Å². The van der Waals surface area contributed by atoms with Crippen molar-refractivity contribution < 1.29 is 0 Å². The van der Waals surface area contributed by atoms with E-state index in [4.69, 9.17) is 0 Å². The van der Waals surface area contributed by atoms with Crippen molar-refractivity contribution in [2.24, 2.45) is 0 Å². The van der Waals surface area contributed by atoms with Gasteiger partial charge in [-0.15, -0.1) is 22.6 Å². The van der Waals surface area contributed by atoms with Crippen LogP contribution in [0.2, 0.25) is 0 Å². The van der Waals surface area contributed by atoms with Gasteiger partial charge in [0.15, 0.2) is 11.6 Å². The zero-order chi connectivity index (χ0) is 12.2. The van der Waals surface area contributed by atoms with E-state index in [0.717, 1.165) is 37.8 Å². The Morgan fingerprint density at radius 1 is 0.565 bits per heavy atom. The SMILES string of the molecule is Cl.N.N.N.N.c1cc(N2CCCCC2)nnc1N1CCCCC1. The maximum atomic E-state index is 4.41. The molecule has 138 valence electrons. The lowest BCUT2D eigenvalue weighted by Gasteiger charge is -2.29. The molecule has 0 aliphatic carbocycles. The van der Waals surface area contributed by atoms with Crippen LogP contribution in [0.25, 0.3) is 0 Å². The number of nitrogens with zero attached hydrogens (tertiary/aromatic N) is 4. The summed E-state index contributed by atoms with van der Waals surface area (Å²) in [7, 11) is 0. The molecule has 3 rings (SSSR count). The normalized spacial score (nSPS) is 16.5. The van der Waals surface area contributed by atoms with Crippen LogP contribution in [-0.2, 0) is 0 Å². The molecule has 1 aromatic heterocycles. The minimum atomic E-state index is 0. The molecule has 2 saturated heterocycles. The van der Waals surface area contributed by atoms with E-state index in [1.165, 1.54) is 38.5 Å². The minimum absolute atomic E-state index is 0. The van der Waals surface area contributed by atoms with E-state index in [9.17, 15) is 0 Å². The molecule has 2 aliphatic heterocycles. The van der Waals surface area contributed by atoms with Crippen LogP contribution in [0.15, 0.2) is 12.1 Å². The summed E-state index contributed by atoms with van der Waals surface area (Å²) in [5.74, 6) is 2.10. The summed E-state index contributed by atoms with van der Waals surface area (Å²) in [5, 5.41) is 8.82. The van der Waals surface area contributed by atoms with Crippen molar-refractivity contribution in [2.75, 3.05) is 36.0 Å². The van der Waals surface area contributed by atoms with E-state index >= 15 is 0 Å². The van der Waals surface area contributed by atoms with Crippen LogP contribution in [0.3, 0.4) is 0 Å². The fourth-order valence-electron chi connectivity index (χ4n) is 2.90. The third kappa shape index (κ3) is 6.84. The Hall–Kier alpha value is -1.19. The van der Waals surface area contributed by atoms with Crippen LogP contribution >= 0.6 is 12.4 Å². The lowest BCUT2D eigenvalue weighted by molar-refractivity contribution is 0.564. The average molecular weight is 351 g/mol. The number of hydrogen-bond donors (Lipinski definition) is 4. The third-order valence-electron chi connectivity index (χ3n) is 4.00. The Kier molecular flexibility index (Phi) is 15.4. The monoisotopic (exact) mass is 350 g/mol. The van der Waals surface area contributed by atoms with Crippen molar-refractivity contribution >= 4 is 24.0 Å². The van der Waals surface area contributed by atoms with Gasteiger partial charge in [0.05, 0.1) is 0 Å². The molecule has 0 saturated carbocycles. The van der Waals surface area contributed by atoms with E-state index in [0.29, 0.717) is 0 Å². The first-order valence-electron chi connectivity index (χ1n) is 7.27. The smallest absolute Gasteiger partial charge is 0.151 e. The number of halogens is 1. The lowest BCUT2D eigenvalue weighted by Crippen LogP contribution is -2.32. The van der Waals surface area contributed by atoms with Crippen molar-refractivity contribution in [3.8, 4) is 0 Å². The van der Waals surface area contributed by atoms with Crippen LogP contribution in [0.5, 0.6) is 0 Å². The summed E-state index contributed by atoms with van der Waals surface area (Å²) >= 11 is 0. The molecule has 0 spiro atoms. The van der Waals surface area contributed by atoms with Crippen LogP contribution in [-0.4, -0.2) is 36.4 Å². The second-order valence-corrected chi connectivity index (χ2v) is 5.35. The highest BCUT2D eigenvalue weighted by molar-refractivity contribution is 5.85. The van der Waals surface area contributed by atoms with Crippen LogP contribution in [0.4, 0.5) is 11.6 Å². The second kappa shape index (κ2) is 13.3. The fraction of sp³-hybridized carbons (Fsp3) is 0.714. The first kappa shape index (κ1) is 26.7. The molecule has 9 heteroatoms. The van der Waals surface area contributed by atoms with E-state index in [1.54, 1.807) is 0 Å². The molecule has 2 aliphatic rings. The van der Waals surface area contributed by atoms with Crippen molar-refractivity contribution in [1.29, 1.82) is 0 Å². The molecule has 0 radical (unpaired) electrons. The molecule has 0 bridgehead atoms. The quantitative estimate of drug-likeness (QED) is 0.626. The van der Waals surface area contributed by atoms with Gasteiger partial charge in [0.2, 0.25) is 0 Å². The molecule has 1 aromatic rings. The molecule has 0 aromatic carbocycles. The van der Waals surface area contributed by atoms with E-state index in [-0.39, 0.29) is 37.0 Å². The Morgan fingerprint density at radius 3 is 1.13 bits per heavy atom. The topological polar surface area (TPSA) is 172 Å². The second-order valence-electron chi connectivity index (χ2n) is 5.35. The molecule has 3 heterocycles. The van der Waals surface area contributed by atoms with Gasteiger partial charge in [-0.05, 0) is 50.7 Å². The summed E-state index contributed by atoms with van der Waals surface area (Å²) in [5.41, 5.74) is 0. The van der Waals surface area contributed by atoms with Gasteiger partial charge < -0.3 is 34.4 Å². The number of rotatable bonds is 2. The Bertz CT molecular complexity index is 340. The van der Waals surface area contributed by atoms with E-state index < -0.39 is 0 Å². The predicted octanol–water partition coefficient (Wildman–Crippen LogP) is 3.53. The van der Waals surface area contributed by atoms with Crippen molar-refractivity contribution in [2.45, 2.75) is 38.5 Å². The Labute approximate surface area is 146 Å². The zero-order valence-electron chi connectivity index (χ0n) is 14.3. The Balaban J connectivity index is -0.000000800. The predicted molar refractivity (Wildman–Crippen MR) is 101 cm³/mol. The number of anilines is 2. The summed E-state index contributed by atoms with van der Waals surface area (Å²) < 4.78 is 0. The van der Waals surface area contributed by atoms with Crippen LogP contribution in [0.1, 0.15) is 38.5 Å². The molecule has 2 fully saturated rings. The zero-order valence-corrected chi connectivity index (χ0v) is 15.1. The third-order valence-corrected chi connectivity index (χ3v) is 4.00. The van der Waals surface area contributed by atoms with Crippen LogP contribution < -0.4 is 34.4 Å². The highest BCUT2D eigenvalue weighted by atomic mass is 35.5. The van der Waals surface area contributed by atoms with Crippen LogP contribution in [0, 0.1) is 0 Å². The first-order valence-corrected chi connectivity index (χ1v) is 7.27. The van der Waals surface area contributed by atoms with Gasteiger partial charge in [0.1, 0.15) is 0 Å². The van der Waals surface area contributed by atoms with Gasteiger partial charge in [-0.3, -0.25) is 0 Å². The fourth-order valence-corrected chi connectivity index (χ4v) is 2.90. The maximum Gasteiger partial charge on any atom is 0.151 e. The van der Waals surface area contributed by atoms with Gasteiger partial charge in [0.25, 0.3) is 0 Å². The van der Waals surface area contributed by atoms with Crippen molar-refractivity contribution in [3.05, 3.63) is 12.1 Å². The van der Waals surface area contributed by atoms with Gasteiger partial charge >= 0.3 is 0 Å². The van der Waals surface area contributed by atoms with Crippen molar-refractivity contribution in [3.63, 3.8) is 0 Å². The molecular weight excluding hydrogens is 316 g/mol. The molecule has 0 amide bonds. The summed E-state index contributed by atoms with van der Waals surface area (Å²) in [4.78, 5) is 4.72. The molecule has 12 N–H and O–H groups in total. The molecule has 23 heavy (non-hydrogen) atoms. The number of hydrogen-bond acceptors (Lipinski definition) is 8. The van der Waals surface area contributed by atoms with Crippen molar-refractivity contribution in [1.82, 2.24) is 34.8 Å². The highest BCUT2D eigenvalue weighted by Crippen LogP contribution is 2.20. The summed E-state index contributed by atoms with van der Waals surface area (Å²) in [6, 6.07) is 4.28. The van der Waals surface area contributed by atoms with Gasteiger partial charge in [-0.25, -0.2) is 0 Å². The molecule has 0 atom stereocenters. The number of piperidine rings is 2. The Morgan fingerprint density at radius 2 is 0.870 bits per heavy atom. The molecule has 8 nitrogen and oxygen atoms in total. The minimum Gasteiger partial charge on any atom is -0.355 e. The highest BCUT2D eigenvalue weighted by Gasteiger charge is 2.15. The largest absolute Gasteiger partial charge is 0.355 e. The first-order chi connectivity index (χ1) is 8.93. The maximum absolute atomic E-state index is 4.41. The van der Waals surface area contributed by atoms with Gasteiger partial charge in [0, 0.05) is 26.2 Å². The van der Waals surface area contributed by atoms with E-state index in [2.05, 4.69) is 32.1 Å². The summed E-state index contributed by atoms with van der Waals surface area (Å²) in [6.07, 6.45) is 7.86. The summed E-state index contributed by atoms with van der Waals surface area (Å²) in [6.45, 7) is 4.55.